The fraction of sp³-hybridized carbons (Fsp3) is 0.846. The minimum absolute atomic E-state index is 0.0261. The van der Waals surface area contributed by atoms with Gasteiger partial charge in [0.2, 0.25) is 5.13 Å². The normalized spacial score (nSPS) is 19.8. The van der Waals surface area contributed by atoms with E-state index in [-0.39, 0.29) is 5.41 Å². The van der Waals surface area contributed by atoms with Gasteiger partial charge in [-0.05, 0) is 25.7 Å². The van der Waals surface area contributed by atoms with Gasteiger partial charge in [-0.3, -0.25) is 0 Å². The van der Waals surface area contributed by atoms with Crippen LogP contribution in [0.5, 0.6) is 0 Å². The van der Waals surface area contributed by atoms with Crippen LogP contribution in [0.15, 0.2) is 0 Å². The summed E-state index contributed by atoms with van der Waals surface area (Å²) in [5.74, 6) is 1.61. The molecule has 2 rings (SSSR count). The van der Waals surface area contributed by atoms with Crippen molar-refractivity contribution in [2.24, 2.45) is 5.92 Å². The van der Waals surface area contributed by atoms with Crippen molar-refractivity contribution in [1.82, 2.24) is 9.36 Å². The lowest BCUT2D eigenvalue weighted by Crippen LogP contribution is -2.31. The average molecular weight is 269 g/mol. The summed E-state index contributed by atoms with van der Waals surface area (Å²) >= 11 is 1.47. The van der Waals surface area contributed by atoms with Crippen molar-refractivity contribution in [3.8, 4) is 0 Å². The lowest BCUT2D eigenvalue weighted by Gasteiger charge is -2.28. The number of hydrogen-bond acceptors (Lipinski definition) is 5. The average Bonchev–Trinajstić information content (AvgIpc) is 2.78. The fourth-order valence-electron chi connectivity index (χ4n) is 2.12. The molecule has 1 fully saturated rings. The van der Waals surface area contributed by atoms with Crippen LogP contribution in [-0.4, -0.2) is 28.6 Å². The van der Waals surface area contributed by atoms with Crippen molar-refractivity contribution >= 4 is 16.7 Å². The van der Waals surface area contributed by atoms with Crippen molar-refractivity contribution in [2.75, 3.05) is 18.5 Å². The van der Waals surface area contributed by atoms with Gasteiger partial charge in [-0.2, -0.15) is 4.37 Å². The first kappa shape index (κ1) is 13.7. The number of hydrogen-bond donors (Lipinski definition) is 1. The van der Waals surface area contributed by atoms with Gasteiger partial charge >= 0.3 is 0 Å². The van der Waals surface area contributed by atoms with E-state index in [2.05, 4.69) is 42.4 Å². The highest BCUT2D eigenvalue weighted by Crippen LogP contribution is 2.26. The number of anilines is 1. The first-order valence-electron chi connectivity index (χ1n) is 6.65. The zero-order valence-corrected chi connectivity index (χ0v) is 12.5. The topological polar surface area (TPSA) is 47.0 Å². The van der Waals surface area contributed by atoms with Crippen LogP contribution >= 0.6 is 11.5 Å². The summed E-state index contributed by atoms with van der Waals surface area (Å²) in [7, 11) is 0. The van der Waals surface area contributed by atoms with Crippen LogP contribution in [-0.2, 0) is 10.2 Å². The molecule has 1 aromatic heterocycles. The summed E-state index contributed by atoms with van der Waals surface area (Å²) in [4.78, 5) is 4.58. The first-order chi connectivity index (χ1) is 8.47. The third kappa shape index (κ3) is 3.42. The van der Waals surface area contributed by atoms with Gasteiger partial charge < -0.3 is 10.1 Å². The van der Waals surface area contributed by atoms with Crippen LogP contribution in [0.3, 0.4) is 0 Å². The van der Waals surface area contributed by atoms with E-state index < -0.39 is 0 Å². The Morgan fingerprint density at radius 3 is 2.56 bits per heavy atom. The number of nitrogens with one attached hydrogen (secondary N) is 1. The summed E-state index contributed by atoms with van der Waals surface area (Å²) in [6.45, 7) is 10.4. The lowest BCUT2D eigenvalue weighted by atomic mass is 9.93. The molecule has 0 aliphatic carbocycles. The minimum atomic E-state index is 0.0261. The second kappa shape index (κ2) is 5.53. The van der Waals surface area contributed by atoms with Gasteiger partial charge in [0.05, 0.1) is 0 Å². The van der Waals surface area contributed by atoms with Crippen LogP contribution in [0.4, 0.5) is 5.13 Å². The zero-order chi connectivity index (χ0) is 13.2. The summed E-state index contributed by atoms with van der Waals surface area (Å²) < 4.78 is 9.82. The molecule has 1 aromatic rings. The van der Waals surface area contributed by atoms with E-state index >= 15 is 0 Å². The molecule has 18 heavy (non-hydrogen) atoms. The van der Waals surface area contributed by atoms with Crippen molar-refractivity contribution in [3.63, 3.8) is 0 Å². The summed E-state index contributed by atoms with van der Waals surface area (Å²) in [5, 5.41) is 4.44. The Bertz CT molecular complexity index is 380. The minimum Gasteiger partial charge on any atom is -0.381 e. The second-order valence-corrected chi connectivity index (χ2v) is 6.81. The highest BCUT2D eigenvalue weighted by Gasteiger charge is 2.23. The summed E-state index contributed by atoms with van der Waals surface area (Å²) in [6.07, 6.45) is 2.28. The molecule has 1 atom stereocenters. The van der Waals surface area contributed by atoms with Gasteiger partial charge in [-0.15, -0.1) is 0 Å². The van der Waals surface area contributed by atoms with Gasteiger partial charge in [0, 0.05) is 36.2 Å². The molecule has 1 unspecified atom stereocenters. The highest BCUT2D eigenvalue weighted by molar-refractivity contribution is 7.09. The Hall–Kier alpha value is -0.680. The monoisotopic (exact) mass is 269 g/mol. The molecular weight excluding hydrogens is 246 g/mol. The van der Waals surface area contributed by atoms with Gasteiger partial charge in [0.15, 0.2) is 0 Å². The van der Waals surface area contributed by atoms with Crippen LogP contribution in [0, 0.1) is 5.92 Å². The summed E-state index contributed by atoms with van der Waals surface area (Å²) in [5.41, 5.74) is 0.0261. The van der Waals surface area contributed by atoms with Crippen molar-refractivity contribution in [3.05, 3.63) is 5.82 Å². The maximum atomic E-state index is 5.40. The SMILES string of the molecule is CC(Nc1nc(C(C)(C)C)ns1)C1CCOCC1. The molecule has 1 aliphatic heterocycles. The van der Waals surface area contributed by atoms with Gasteiger partial charge in [0.1, 0.15) is 5.82 Å². The van der Waals surface area contributed by atoms with E-state index in [9.17, 15) is 0 Å². The molecule has 1 saturated heterocycles. The smallest absolute Gasteiger partial charge is 0.202 e. The van der Waals surface area contributed by atoms with E-state index in [1.165, 1.54) is 11.5 Å². The first-order valence-corrected chi connectivity index (χ1v) is 7.42. The molecule has 0 aromatic carbocycles. The number of aromatic nitrogens is 2. The van der Waals surface area contributed by atoms with Crippen molar-refractivity contribution in [1.29, 1.82) is 0 Å². The number of ether oxygens (including phenoxy) is 1. The number of nitrogens with zero attached hydrogens (tertiary/aromatic N) is 2. The second-order valence-electron chi connectivity index (χ2n) is 6.06. The van der Waals surface area contributed by atoms with Crippen molar-refractivity contribution < 1.29 is 4.74 Å². The molecule has 0 radical (unpaired) electrons. The molecule has 0 saturated carbocycles. The molecule has 1 aliphatic rings. The van der Waals surface area contributed by atoms with Crippen LogP contribution in [0.25, 0.3) is 0 Å². The van der Waals surface area contributed by atoms with E-state index in [0.717, 1.165) is 37.0 Å². The maximum Gasteiger partial charge on any atom is 0.202 e. The van der Waals surface area contributed by atoms with Crippen LogP contribution < -0.4 is 5.32 Å². The Kier molecular flexibility index (Phi) is 4.22. The Labute approximate surface area is 113 Å². The van der Waals surface area contributed by atoms with E-state index in [1.807, 2.05) is 0 Å². The van der Waals surface area contributed by atoms with E-state index in [1.54, 1.807) is 0 Å². The highest BCUT2D eigenvalue weighted by atomic mass is 32.1. The molecule has 0 bridgehead atoms. The standard InChI is InChI=1S/C13H23N3OS/c1-9(10-5-7-17-8-6-10)14-12-15-11(16-18-12)13(2,3)4/h9-10H,5-8H2,1-4H3,(H,14,15,16). The molecule has 1 N–H and O–H groups in total. The van der Waals surface area contributed by atoms with Gasteiger partial charge in [-0.1, -0.05) is 20.8 Å². The molecule has 102 valence electrons. The quantitative estimate of drug-likeness (QED) is 0.916. The van der Waals surface area contributed by atoms with Crippen molar-refractivity contribution in [2.45, 2.75) is 52.0 Å². The predicted octanol–water partition coefficient (Wildman–Crippen LogP) is 3.06. The Morgan fingerprint density at radius 2 is 2.00 bits per heavy atom. The molecule has 4 nitrogen and oxygen atoms in total. The Morgan fingerprint density at radius 1 is 1.33 bits per heavy atom. The predicted molar refractivity (Wildman–Crippen MR) is 75.2 cm³/mol. The van der Waals surface area contributed by atoms with Gasteiger partial charge in [0.25, 0.3) is 0 Å². The third-order valence-electron chi connectivity index (χ3n) is 3.42. The zero-order valence-electron chi connectivity index (χ0n) is 11.7. The molecule has 5 heteroatoms. The van der Waals surface area contributed by atoms with E-state index in [4.69, 9.17) is 4.74 Å². The third-order valence-corrected chi connectivity index (χ3v) is 4.07. The number of rotatable bonds is 3. The lowest BCUT2D eigenvalue weighted by molar-refractivity contribution is 0.0622. The largest absolute Gasteiger partial charge is 0.381 e. The molecular formula is C13H23N3OS. The van der Waals surface area contributed by atoms with E-state index in [0.29, 0.717) is 12.0 Å². The molecule has 0 spiro atoms. The Balaban J connectivity index is 1.94. The molecule has 2 heterocycles. The van der Waals surface area contributed by atoms with Gasteiger partial charge in [-0.25, -0.2) is 4.98 Å². The van der Waals surface area contributed by atoms with Crippen LogP contribution in [0.2, 0.25) is 0 Å². The maximum absolute atomic E-state index is 5.40. The fourth-order valence-corrected chi connectivity index (χ4v) is 2.97. The van der Waals surface area contributed by atoms with Crippen LogP contribution in [0.1, 0.15) is 46.4 Å². The summed E-state index contributed by atoms with van der Waals surface area (Å²) in [6, 6.07) is 0.440. The molecule has 0 amide bonds.